The van der Waals surface area contributed by atoms with Crippen LogP contribution in [0, 0.1) is 0 Å². The second-order valence-corrected chi connectivity index (χ2v) is 4.66. The highest BCUT2D eigenvalue weighted by Crippen LogP contribution is 2.16. The molecule has 0 amide bonds. The number of hydrogen-bond donors (Lipinski definition) is 3. The van der Waals surface area contributed by atoms with Gasteiger partial charge in [0.2, 0.25) is 5.89 Å². The van der Waals surface area contributed by atoms with Gasteiger partial charge in [-0.1, -0.05) is 35.4 Å². The van der Waals surface area contributed by atoms with Crippen LogP contribution in [-0.2, 0) is 6.42 Å². The third kappa shape index (κ3) is 6.62. The molecule has 8 heteroatoms. The van der Waals surface area contributed by atoms with Gasteiger partial charge in [-0.05, 0) is 31.4 Å². The van der Waals surface area contributed by atoms with Gasteiger partial charge in [0, 0.05) is 6.54 Å². The molecule has 2 rings (SSSR count). The number of nitrogens with zero attached hydrogens (tertiary/aromatic N) is 2. The van der Waals surface area contributed by atoms with Gasteiger partial charge < -0.3 is 21.2 Å². The Morgan fingerprint density at radius 1 is 1.09 bits per heavy atom. The van der Waals surface area contributed by atoms with Crippen LogP contribution in [-0.4, -0.2) is 23.3 Å². The van der Waals surface area contributed by atoms with Crippen LogP contribution < -0.4 is 16.8 Å². The zero-order chi connectivity index (χ0) is 14.2. The van der Waals surface area contributed by atoms with Crippen molar-refractivity contribution in [2.24, 2.45) is 11.5 Å². The molecule has 0 saturated carbocycles. The molecule has 0 aliphatic carbocycles. The van der Waals surface area contributed by atoms with Gasteiger partial charge >= 0.3 is 6.01 Å². The maximum atomic E-state index is 6.08. The van der Waals surface area contributed by atoms with Crippen molar-refractivity contribution in [3.63, 3.8) is 0 Å². The van der Waals surface area contributed by atoms with Gasteiger partial charge in [-0.15, -0.1) is 29.9 Å². The van der Waals surface area contributed by atoms with Crippen molar-refractivity contribution in [2.75, 3.05) is 18.4 Å². The van der Waals surface area contributed by atoms with E-state index in [1.165, 1.54) is 0 Å². The molecular weight excluding hydrogens is 325 g/mol. The zero-order valence-corrected chi connectivity index (χ0v) is 13.9. The monoisotopic (exact) mass is 347 g/mol. The molecule has 0 saturated heterocycles. The van der Waals surface area contributed by atoms with E-state index < -0.39 is 0 Å². The summed E-state index contributed by atoms with van der Waals surface area (Å²) >= 11 is 0. The molecule has 0 aliphatic heterocycles. The minimum Gasteiger partial charge on any atom is -0.406 e. The Bertz CT molecular complexity index is 509. The Balaban J connectivity index is 0.00000220. The van der Waals surface area contributed by atoms with Gasteiger partial charge in [0.05, 0.1) is 6.04 Å². The maximum Gasteiger partial charge on any atom is 0.315 e. The van der Waals surface area contributed by atoms with E-state index in [0.29, 0.717) is 24.9 Å². The molecule has 1 aromatic heterocycles. The van der Waals surface area contributed by atoms with Crippen molar-refractivity contribution in [1.29, 1.82) is 0 Å². The van der Waals surface area contributed by atoms with Gasteiger partial charge in [-0.25, -0.2) is 0 Å². The fourth-order valence-electron chi connectivity index (χ4n) is 1.88. The van der Waals surface area contributed by atoms with Crippen LogP contribution in [0.5, 0.6) is 0 Å². The highest BCUT2D eigenvalue weighted by molar-refractivity contribution is 5.85. The van der Waals surface area contributed by atoms with Crippen molar-refractivity contribution >= 4 is 30.8 Å². The van der Waals surface area contributed by atoms with Crippen LogP contribution in [0.1, 0.15) is 30.3 Å². The third-order valence-corrected chi connectivity index (χ3v) is 2.96. The number of halogens is 2. The largest absolute Gasteiger partial charge is 0.406 e. The quantitative estimate of drug-likeness (QED) is 0.633. The average Bonchev–Trinajstić information content (AvgIpc) is 2.94. The van der Waals surface area contributed by atoms with Crippen molar-refractivity contribution in [3.8, 4) is 0 Å². The van der Waals surface area contributed by atoms with E-state index >= 15 is 0 Å². The van der Waals surface area contributed by atoms with E-state index in [2.05, 4.69) is 15.5 Å². The Kier molecular flexibility index (Phi) is 10.6. The molecule has 0 spiro atoms. The second kappa shape index (κ2) is 11.3. The molecule has 124 valence electrons. The summed E-state index contributed by atoms with van der Waals surface area (Å²) in [4.78, 5) is 0. The van der Waals surface area contributed by atoms with Crippen LogP contribution in [0.4, 0.5) is 6.01 Å². The van der Waals surface area contributed by atoms with Crippen LogP contribution in [0.25, 0.3) is 0 Å². The van der Waals surface area contributed by atoms with Gasteiger partial charge in [-0.2, -0.15) is 0 Å². The number of unbranched alkanes of at least 4 members (excludes halogenated alkanes) is 1. The number of nitrogens with one attached hydrogen (secondary N) is 1. The summed E-state index contributed by atoms with van der Waals surface area (Å²) in [7, 11) is 0. The molecule has 1 heterocycles. The molecule has 0 fully saturated rings. The first-order valence-electron chi connectivity index (χ1n) is 6.86. The Hall–Kier alpha value is -1.34. The Morgan fingerprint density at radius 2 is 1.82 bits per heavy atom. The lowest BCUT2D eigenvalue weighted by Gasteiger charge is -2.06. The van der Waals surface area contributed by atoms with E-state index in [-0.39, 0.29) is 30.9 Å². The molecule has 5 N–H and O–H groups in total. The van der Waals surface area contributed by atoms with E-state index in [1.807, 2.05) is 30.3 Å². The Morgan fingerprint density at radius 3 is 2.50 bits per heavy atom. The molecule has 0 bridgehead atoms. The lowest BCUT2D eigenvalue weighted by molar-refractivity contribution is 0.456. The topological polar surface area (TPSA) is 103 Å². The number of anilines is 1. The first kappa shape index (κ1) is 20.7. The van der Waals surface area contributed by atoms with Crippen molar-refractivity contribution in [2.45, 2.75) is 25.3 Å². The lowest BCUT2D eigenvalue weighted by atomic mass is 10.1. The number of rotatable bonds is 8. The van der Waals surface area contributed by atoms with Crippen LogP contribution in [0.2, 0.25) is 0 Å². The summed E-state index contributed by atoms with van der Waals surface area (Å²) < 4.78 is 5.51. The molecule has 0 radical (unpaired) electrons. The summed E-state index contributed by atoms with van der Waals surface area (Å²) in [5, 5.41) is 11.0. The minimum atomic E-state index is -0.288. The number of aromatic nitrogens is 2. The molecular formula is C14H23Cl2N5O. The van der Waals surface area contributed by atoms with Gasteiger partial charge in [0.1, 0.15) is 0 Å². The first-order chi connectivity index (χ1) is 9.79. The zero-order valence-electron chi connectivity index (χ0n) is 12.3. The number of benzene rings is 1. The van der Waals surface area contributed by atoms with Gasteiger partial charge in [0.25, 0.3) is 0 Å². The highest BCUT2D eigenvalue weighted by atomic mass is 35.5. The van der Waals surface area contributed by atoms with Crippen molar-refractivity contribution < 1.29 is 4.42 Å². The van der Waals surface area contributed by atoms with E-state index in [0.717, 1.165) is 24.9 Å². The predicted octanol–water partition coefficient (Wildman–Crippen LogP) is 2.31. The summed E-state index contributed by atoms with van der Waals surface area (Å²) in [6.07, 6.45) is 2.63. The maximum absolute atomic E-state index is 6.08. The van der Waals surface area contributed by atoms with Crippen LogP contribution >= 0.6 is 24.8 Å². The van der Waals surface area contributed by atoms with E-state index in [4.69, 9.17) is 15.9 Å². The molecule has 2 aromatic rings. The molecule has 1 atom stereocenters. The van der Waals surface area contributed by atoms with Crippen molar-refractivity contribution in [3.05, 3.63) is 41.8 Å². The fourth-order valence-corrected chi connectivity index (χ4v) is 1.88. The van der Waals surface area contributed by atoms with Gasteiger partial charge in [-0.3, -0.25) is 0 Å². The van der Waals surface area contributed by atoms with E-state index in [1.54, 1.807) is 0 Å². The summed E-state index contributed by atoms with van der Waals surface area (Å²) in [5.41, 5.74) is 12.7. The SMILES string of the molecule is Cl.Cl.NCCCCNc1nnc([C@H](N)Cc2ccccc2)o1. The minimum absolute atomic E-state index is 0. The second-order valence-electron chi connectivity index (χ2n) is 4.66. The van der Waals surface area contributed by atoms with Crippen LogP contribution in [0.15, 0.2) is 34.7 Å². The molecule has 0 unspecified atom stereocenters. The molecule has 1 aromatic carbocycles. The predicted molar refractivity (Wildman–Crippen MR) is 92.6 cm³/mol. The summed E-state index contributed by atoms with van der Waals surface area (Å²) in [6, 6.07) is 10.1. The van der Waals surface area contributed by atoms with Gasteiger partial charge in [0.15, 0.2) is 0 Å². The number of nitrogens with two attached hydrogens (primary N) is 2. The molecule has 6 nitrogen and oxygen atoms in total. The number of hydrogen-bond acceptors (Lipinski definition) is 6. The summed E-state index contributed by atoms with van der Waals surface area (Å²) in [5.74, 6) is 0.454. The Labute approximate surface area is 142 Å². The van der Waals surface area contributed by atoms with E-state index in [9.17, 15) is 0 Å². The standard InChI is InChI=1S/C14H21N5O.2ClH/c15-8-4-5-9-17-14-19-18-13(20-14)12(16)10-11-6-2-1-3-7-11;;/h1-3,6-7,12H,4-5,8-10,15-16H2,(H,17,19);2*1H/t12-;;/m1../s1. The molecule has 0 aliphatic rings. The summed E-state index contributed by atoms with van der Waals surface area (Å²) in [6.45, 7) is 1.46. The average molecular weight is 348 g/mol. The first-order valence-corrected chi connectivity index (χ1v) is 6.86. The normalized spacial score (nSPS) is 11.2. The van der Waals surface area contributed by atoms with Crippen molar-refractivity contribution in [1.82, 2.24) is 10.2 Å². The molecule has 22 heavy (non-hydrogen) atoms. The third-order valence-electron chi connectivity index (χ3n) is 2.96. The van der Waals surface area contributed by atoms with Crippen LogP contribution in [0.3, 0.4) is 0 Å². The smallest absolute Gasteiger partial charge is 0.315 e. The highest BCUT2D eigenvalue weighted by Gasteiger charge is 2.14. The fraction of sp³-hybridized carbons (Fsp3) is 0.429. The lowest BCUT2D eigenvalue weighted by Crippen LogP contribution is -2.13.